The van der Waals surface area contributed by atoms with Gasteiger partial charge in [-0.1, -0.05) is 91.0 Å². The van der Waals surface area contributed by atoms with Crippen LogP contribution in [0.15, 0.2) is 127 Å². The molecular weight excluding hydrogens is 603 g/mol. The van der Waals surface area contributed by atoms with Gasteiger partial charge in [-0.3, -0.25) is 9.59 Å². The highest BCUT2D eigenvalue weighted by atomic mass is 19.4. The molecule has 0 spiro atoms. The Kier molecular flexibility index (Phi) is 9.08. The average Bonchev–Trinajstić information content (AvgIpc) is 3.37. The van der Waals surface area contributed by atoms with Crippen LogP contribution in [0.5, 0.6) is 11.5 Å². The molecule has 0 bridgehead atoms. The SMILES string of the molecule is O=C(Nc1ccc(CNCCC2(C(=O)NCC(F)(F)F)c3ccccc3-c3ccccc32)cc1)c1ccccc1Oc1ccccc1. The van der Waals surface area contributed by atoms with Crippen molar-refractivity contribution in [1.82, 2.24) is 10.6 Å². The number of hydrogen-bond acceptors (Lipinski definition) is 4. The summed E-state index contributed by atoms with van der Waals surface area (Å²) in [6, 6.07) is 38.4. The van der Waals surface area contributed by atoms with E-state index in [2.05, 4.69) is 16.0 Å². The fraction of sp³-hybridized carbons (Fsp3) is 0.158. The molecule has 0 fully saturated rings. The van der Waals surface area contributed by atoms with Crippen molar-refractivity contribution in [2.24, 2.45) is 0 Å². The molecule has 0 aliphatic heterocycles. The zero-order valence-corrected chi connectivity index (χ0v) is 25.3. The third-order valence-electron chi connectivity index (χ3n) is 8.22. The van der Waals surface area contributed by atoms with Crippen molar-refractivity contribution in [2.45, 2.75) is 24.6 Å². The summed E-state index contributed by atoms with van der Waals surface area (Å²) in [6.07, 6.45) is -4.28. The lowest BCUT2D eigenvalue weighted by molar-refractivity contribution is -0.141. The van der Waals surface area contributed by atoms with Crippen molar-refractivity contribution in [3.8, 4) is 22.6 Å². The molecular formula is C38H32F3N3O3. The highest BCUT2D eigenvalue weighted by Crippen LogP contribution is 2.50. The van der Waals surface area contributed by atoms with Gasteiger partial charge in [0, 0.05) is 12.2 Å². The second kappa shape index (κ2) is 13.5. The normalized spacial score (nSPS) is 12.9. The Morgan fingerprint density at radius 1 is 0.702 bits per heavy atom. The van der Waals surface area contributed by atoms with Crippen molar-refractivity contribution in [2.75, 3.05) is 18.4 Å². The summed E-state index contributed by atoms with van der Waals surface area (Å²) < 4.78 is 45.3. The molecule has 5 aromatic rings. The van der Waals surface area contributed by atoms with Gasteiger partial charge in [-0.2, -0.15) is 13.2 Å². The van der Waals surface area contributed by atoms with Crippen LogP contribution < -0.4 is 20.7 Å². The van der Waals surface area contributed by atoms with E-state index in [1.165, 1.54) is 0 Å². The van der Waals surface area contributed by atoms with Crippen LogP contribution in [0, 0.1) is 0 Å². The Hall–Kier alpha value is -5.41. The van der Waals surface area contributed by atoms with Crippen LogP contribution in [0.4, 0.5) is 18.9 Å². The smallest absolute Gasteiger partial charge is 0.405 e. The zero-order chi connectivity index (χ0) is 32.9. The van der Waals surface area contributed by atoms with Gasteiger partial charge in [0.25, 0.3) is 5.91 Å². The summed E-state index contributed by atoms with van der Waals surface area (Å²) in [7, 11) is 0. The highest BCUT2D eigenvalue weighted by molar-refractivity contribution is 6.06. The van der Waals surface area contributed by atoms with Gasteiger partial charge in [-0.15, -0.1) is 0 Å². The molecule has 2 amide bonds. The molecule has 6 rings (SSSR count). The molecule has 6 nitrogen and oxygen atoms in total. The maximum absolute atomic E-state index is 13.7. The highest BCUT2D eigenvalue weighted by Gasteiger charge is 2.49. The van der Waals surface area contributed by atoms with E-state index in [9.17, 15) is 22.8 Å². The summed E-state index contributed by atoms with van der Waals surface area (Å²) in [5.74, 6) is 0.0756. The summed E-state index contributed by atoms with van der Waals surface area (Å²) >= 11 is 0. The number of amides is 2. The van der Waals surface area contributed by atoms with Crippen molar-refractivity contribution < 1.29 is 27.5 Å². The number of para-hydroxylation sites is 2. The number of carbonyl (C=O) groups is 2. The second-order valence-corrected chi connectivity index (χ2v) is 11.3. The van der Waals surface area contributed by atoms with Crippen LogP contribution in [-0.2, 0) is 16.8 Å². The predicted molar refractivity (Wildman–Crippen MR) is 175 cm³/mol. The maximum atomic E-state index is 13.7. The Morgan fingerprint density at radius 2 is 1.30 bits per heavy atom. The third-order valence-corrected chi connectivity index (χ3v) is 8.22. The van der Waals surface area contributed by atoms with Crippen LogP contribution in [-0.4, -0.2) is 31.1 Å². The predicted octanol–water partition coefficient (Wildman–Crippen LogP) is 7.86. The van der Waals surface area contributed by atoms with Gasteiger partial charge >= 0.3 is 6.18 Å². The zero-order valence-electron chi connectivity index (χ0n) is 25.3. The van der Waals surface area contributed by atoms with E-state index >= 15 is 0 Å². The summed E-state index contributed by atoms with van der Waals surface area (Å²) in [5, 5.41) is 8.42. The first kappa shape index (κ1) is 31.6. The quantitative estimate of drug-likeness (QED) is 0.129. The maximum Gasteiger partial charge on any atom is 0.405 e. The van der Waals surface area contributed by atoms with E-state index in [4.69, 9.17) is 4.74 Å². The van der Waals surface area contributed by atoms with E-state index in [1.54, 1.807) is 48.5 Å². The number of nitrogens with one attached hydrogen (secondary N) is 3. The number of rotatable bonds is 11. The molecule has 5 aromatic carbocycles. The molecule has 3 N–H and O–H groups in total. The number of anilines is 1. The van der Waals surface area contributed by atoms with Crippen LogP contribution >= 0.6 is 0 Å². The van der Waals surface area contributed by atoms with Crippen LogP contribution in [0.3, 0.4) is 0 Å². The number of hydrogen-bond donors (Lipinski definition) is 3. The lowest BCUT2D eigenvalue weighted by atomic mass is 9.74. The summed E-state index contributed by atoms with van der Waals surface area (Å²) in [4.78, 5) is 26.8. The summed E-state index contributed by atoms with van der Waals surface area (Å²) in [6.45, 7) is -0.593. The van der Waals surface area contributed by atoms with E-state index in [0.717, 1.165) is 16.7 Å². The number of alkyl halides is 3. The Labute approximate surface area is 270 Å². The number of benzene rings is 5. The molecule has 0 radical (unpaired) electrons. The fourth-order valence-corrected chi connectivity index (χ4v) is 6.06. The van der Waals surface area contributed by atoms with E-state index < -0.39 is 24.0 Å². The first-order valence-electron chi connectivity index (χ1n) is 15.2. The standard InChI is InChI=1S/C38H32F3N3O3/c39-38(40,41)25-43-36(46)37(32-15-7-4-12-29(32)30-13-5-8-16-33(30)37)22-23-42-24-26-18-20-27(21-19-26)44-35(45)31-14-6-9-17-34(31)47-28-10-2-1-3-11-28/h1-21,42H,22-25H2,(H,43,46)(H,44,45). The molecule has 0 heterocycles. The lowest BCUT2D eigenvalue weighted by Gasteiger charge is -2.31. The topological polar surface area (TPSA) is 79.5 Å². The van der Waals surface area contributed by atoms with Crippen molar-refractivity contribution >= 4 is 17.5 Å². The van der Waals surface area contributed by atoms with Crippen molar-refractivity contribution in [1.29, 1.82) is 0 Å². The minimum absolute atomic E-state index is 0.253. The van der Waals surface area contributed by atoms with E-state index in [0.29, 0.717) is 47.0 Å². The van der Waals surface area contributed by atoms with Crippen LogP contribution in [0.1, 0.15) is 33.5 Å². The molecule has 0 atom stereocenters. The molecule has 0 unspecified atom stereocenters. The Morgan fingerprint density at radius 3 is 1.96 bits per heavy atom. The molecule has 0 saturated heterocycles. The van der Waals surface area contributed by atoms with Gasteiger partial charge in [-0.05, 0) is 77.2 Å². The molecule has 0 saturated carbocycles. The molecule has 47 heavy (non-hydrogen) atoms. The van der Waals surface area contributed by atoms with Gasteiger partial charge in [0.1, 0.15) is 23.5 Å². The second-order valence-electron chi connectivity index (χ2n) is 11.3. The first-order valence-corrected chi connectivity index (χ1v) is 15.2. The monoisotopic (exact) mass is 635 g/mol. The number of halogens is 3. The third kappa shape index (κ3) is 6.90. The van der Waals surface area contributed by atoms with Crippen molar-refractivity contribution in [3.05, 3.63) is 150 Å². The van der Waals surface area contributed by atoms with Gasteiger partial charge in [0.2, 0.25) is 5.91 Å². The first-order chi connectivity index (χ1) is 22.7. The number of fused-ring (bicyclic) bond motifs is 3. The van der Waals surface area contributed by atoms with Gasteiger partial charge in [0.15, 0.2) is 0 Å². The molecule has 1 aliphatic rings. The number of ether oxygens (including phenoxy) is 1. The van der Waals surface area contributed by atoms with E-state index in [-0.39, 0.29) is 12.3 Å². The van der Waals surface area contributed by atoms with Gasteiger partial charge in [-0.25, -0.2) is 0 Å². The lowest BCUT2D eigenvalue weighted by Crippen LogP contribution is -2.48. The van der Waals surface area contributed by atoms with Gasteiger partial charge in [0.05, 0.1) is 5.56 Å². The van der Waals surface area contributed by atoms with Crippen LogP contribution in [0.2, 0.25) is 0 Å². The molecule has 1 aliphatic carbocycles. The minimum atomic E-state index is -4.53. The molecule has 9 heteroatoms. The van der Waals surface area contributed by atoms with Gasteiger partial charge < -0.3 is 20.7 Å². The minimum Gasteiger partial charge on any atom is -0.457 e. The largest absolute Gasteiger partial charge is 0.457 e. The number of carbonyl (C=O) groups excluding carboxylic acids is 2. The fourth-order valence-electron chi connectivity index (χ4n) is 6.06. The van der Waals surface area contributed by atoms with Crippen molar-refractivity contribution in [3.63, 3.8) is 0 Å². The van der Waals surface area contributed by atoms with Crippen LogP contribution in [0.25, 0.3) is 11.1 Å². The molecule has 0 aromatic heterocycles. The summed E-state index contributed by atoms with van der Waals surface area (Å²) in [5.41, 5.74) is 3.73. The van der Waals surface area contributed by atoms with E-state index in [1.807, 2.05) is 78.9 Å². The average molecular weight is 636 g/mol. The Bertz CT molecular complexity index is 1830. The Balaban J connectivity index is 1.11. The molecule has 238 valence electrons.